The summed E-state index contributed by atoms with van der Waals surface area (Å²) in [6.45, 7) is 1.83. The van der Waals surface area contributed by atoms with E-state index in [1.807, 2.05) is 6.08 Å². The second-order valence-corrected chi connectivity index (χ2v) is 36.0. The monoisotopic (exact) mass is 1650 g/mol. The Labute approximate surface area is 709 Å². The molecule has 3 saturated heterocycles. The Balaban J connectivity index is 1.28. The molecular formula is C97H187NO18. The van der Waals surface area contributed by atoms with Crippen LogP contribution in [-0.2, 0) is 33.2 Å². The van der Waals surface area contributed by atoms with Crippen LogP contribution in [0.2, 0.25) is 0 Å². The molecule has 0 aromatic rings. The van der Waals surface area contributed by atoms with E-state index in [9.17, 15) is 61.0 Å². The van der Waals surface area contributed by atoms with Gasteiger partial charge >= 0.3 is 0 Å². The molecule has 0 aromatic carbocycles. The summed E-state index contributed by atoms with van der Waals surface area (Å²) in [5, 5.41) is 121. The Morgan fingerprint density at radius 2 is 0.534 bits per heavy atom. The maximum atomic E-state index is 13.6. The number of nitrogens with one attached hydrogen (secondary N) is 1. The summed E-state index contributed by atoms with van der Waals surface area (Å²) in [5.74, 6) is -0.263. The predicted molar refractivity (Wildman–Crippen MR) is 471 cm³/mol. The molecule has 3 fully saturated rings. The summed E-state index contributed by atoms with van der Waals surface area (Å²) < 4.78 is 34.6. The topological polar surface area (TPSA) is 307 Å². The summed E-state index contributed by atoms with van der Waals surface area (Å²) in [4.78, 5) is 13.6. The van der Waals surface area contributed by atoms with Crippen molar-refractivity contribution in [2.75, 3.05) is 26.4 Å². The van der Waals surface area contributed by atoms with E-state index in [4.69, 9.17) is 28.4 Å². The first kappa shape index (κ1) is 109. The highest BCUT2D eigenvalue weighted by atomic mass is 16.8. The quantitative estimate of drug-likeness (QED) is 0.0199. The summed E-state index contributed by atoms with van der Waals surface area (Å²) in [5.41, 5.74) is 0. The number of allylic oxidation sites excluding steroid dienone is 1. The van der Waals surface area contributed by atoms with Gasteiger partial charge in [-0.3, -0.25) is 4.79 Å². The first-order valence-electron chi connectivity index (χ1n) is 49.9. The van der Waals surface area contributed by atoms with Crippen LogP contribution in [0.25, 0.3) is 0 Å². The van der Waals surface area contributed by atoms with Gasteiger partial charge in [0.05, 0.1) is 38.6 Å². The fourth-order valence-corrected chi connectivity index (χ4v) is 17.4. The Morgan fingerprint density at radius 3 is 0.810 bits per heavy atom. The zero-order chi connectivity index (χ0) is 83.8. The highest BCUT2D eigenvalue weighted by molar-refractivity contribution is 5.76. The molecular weight excluding hydrogens is 1470 g/mol. The van der Waals surface area contributed by atoms with E-state index >= 15 is 0 Å². The van der Waals surface area contributed by atoms with E-state index in [0.717, 1.165) is 44.9 Å². The summed E-state index contributed by atoms with van der Waals surface area (Å²) in [6.07, 6.45) is 71.2. The largest absolute Gasteiger partial charge is 0.394 e. The SMILES string of the molecule is CCCCCCCCCCCCCCCCCCCCCCCCCCCCCCC/C=C/C(O)C(COC1OC(CO)C(OC2OC(CO)C(OC3OC(CO)C(O)C(O)C3O)C(O)C2O)C(O)C1O)NC(=O)CCCCCCCCCCCCCCCCCCCCCCCCCCCCCCCCCCCCCCCCCC. The first-order valence-corrected chi connectivity index (χ1v) is 49.9. The van der Waals surface area contributed by atoms with Crippen molar-refractivity contribution in [2.24, 2.45) is 0 Å². The molecule has 116 heavy (non-hydrogen) atoms. The highest BCUT2D eigenvalue weighted by Crippen LogP contribution is 2.34. The minimum absolute atomic E-state index is 0.251. The average Bonchev–Trinajstić information content (AvgIpc) is 0.779. The van der Waals surface area contributed by atoms with Crippen LogP contribution in [0.5, 0.6) is 0 Å². The molecule has 0 spiro atoms. The van der Waals surface area contributed by atoms with E-state index in [1.165, 1.54) is 398 Å². The number of hydrogen-bond acceptors (Lipinski definition) is 18. The van der Waals surface area contributed by atoms with Crippen LogP contribution in [-0.4, -0.2) is 193 Å². The molecule has 12 N–H and O–H groups in total. The Hall–Kier alpha value is -1.47. The lowest BCUT2D eigenvalue weighted by Crippen LogP contribution is -2.66. The summed E-state index contributed by atoms with van der Waals surface area (Å²) in [6, 6.07) is -0.972. The molecule has 1 amide bonds. The number of amides is 1. The van der Waals surface area contributed by atoms with Gasteiger partial charge in [0.25, 0.3) is 0 Å². The van der Waals surface area contributed by atoms with Crippen molar-refractivity contribution in [3.05, 3.63) is 12.2 Å². The van der Waals surface area contributed by atoms with Crippen LogP contribution in [0, 0.1) is 0 Å². The molecule has 0 aliphatic carbocycles. The molecule has 19 nitrogen and oxygen atoms in total. The maximum Gasteiger partial charge on any atom is 0.220 e. The van der Waals surface area contributed by atoms with Gasteiger partial charge in [0.1, 0.15) is 73.2 Å². The van der Waals surface area contributed by atoms with Crippen molar-refractivity contribution < 1.29 is 89.4 Å². The van der Waals surface area contributed by atoms with Gasteiger partial charge in [-0.05, 0) is 19.3 Å². The standard InChI is InChI=1S/C97H187NO18/c1-3-5-7-9-11-13-15-17-19-21-23-25-27-29-31-33-35-36-37-38-39-40-41-42-43-45-47-49-51-53-55-57-59-61-63-65-67-69-71-73-75-85(103)98-80(81(102)74-72-70-68-66-64-62-60-58-56-54-52-50-48-46-44-34-32-30-28-26-24-22-20-18-16-14-12-10-8-6-4-2)79-111-95-91(109)88(106)93(83(77-100)113-95)116-97-92(110)89(107)94(84(78-101)114-97)115-96-90(108)87(105)86(104)82(76-99)112-96/h72,74,80-84,86-97,99-102,104-110H,3-71,73,75-79H2,1-2H3,(H,98,103)/b74-72+. The van der Waals surface area contributed by atoms with Crippen molar-refractivity contribution in [1.82, 2.24) is 5.32 Å². The van der Waals surface area contributed by atoms with E-state index in [1.54, 1.807) is 6.08 Å². The number of carbonyl (C=O) groups excluding carboxylic acids is 1. The molecule has 0 saturated carbocycles. The minimum atomic E-state index is -1.98. The second kappa shape index (κ2) is 77.1. The van der Waals surface area contributed by atoms with Gasteiger partial charge in [0.2, 0.25) is 5.91 Å². The number of ether oxygens (including phenoxy) is 6. The fraction of sp³-hybridized carbons (Fsp3) is 0.969. The molecule has 3 heterocycles. The minimum Gasteiger partial charge on any atom is -0.394 e. The molecule has 0 radical (unpaired) electrons. The number of aliphatic hydroxyl groups is 11. The Morgan fingerprint density at radius 1 is 0.302 bits per heavy atom. The number of rotatable bonds is 84. The number of aliphatic hydroxyl groups excluding tert-OH is 11. The Bertz CT molecular complexity index is 2130. The predicted octanol–water partition coefficient (Wildman–Crippen LogP) is 20.6. The van der Waals surface area contributed by atoms with Crippen LogP contribution in [0.15, 0.2) is 12.2 Å². The molecule has 688 valence electrons. The van der Waals surface area contributed by atoms with Crippen molar-refractivity contribution in [2.45, 2.75) is 574 Å². The smallest absolute Gasteiger partial charge is 0.220 e. The lowest BCUT2D eigenvalue weighted by atomic mass is 9.96. The normalized spacial score (nSPS) is 24.4. The van der Waals surface area contributed by atoms with Crippen LogP contribution in [0.4, 0.5) is 0 Å². The van der Waals surface area contributed by atoms with Gasteiger partial charge in [-0.25, -0.2) is 0 Å². The third-order valence-electron chi connectivity index (χ3n) is 25.3. The number of carbonyl (C=O) groups is 1. The Kier molecular flexibility index (Phi) is 72.3. The first-order chi connectivity index (χ1) is 56.8. The van der Waals surface area contributed by atoms with Crippen LogP contribution < -0.4 is 5.32 Å². The molecule has 3 rings (SSSR count). The lowest BCUT2D eigenvalue weighted by molar-refractivity contribution is -0.379. The van der Waals surface area contributed by atoms with Crippen molar-refractivity contribution in [3.63, 3.8) is 0 Å². The van der Waals surface area contributed by atoms with Gasteiger partial charge < -0.3 is 89.9 Å². The second-order valence-electron chi connectivity index (χ2n) is 36.0. The summed E-state index contributed by atoms with van der Waals surface area (Å²) in [7, 11) is 0. The molecule has 0 aromatic heterocycles. The van der Waals surface area contributed by atoms with Gasteiger partial charge in [-0.2, -0.15) is 0 Å². The molecule has 3 aliphatic heterocycles. The molecule has 17 atom stereocenters. The van der Waals surface area contributed by atoms with Crippen LogP contribution in [0.1, 0.15) is 470 Å². The van der Waals surface area contributed by atoms with Gasteiger partial charge in [0, 0.05) is 6.42 Å². The average molecular weight is 1660 g/mol. The molecule has 3 aliphatic rings. The van der Waals surface area contributed by atoms with Crippen LogP contribution in [0.3, 0.4) is 0 Å². The van der Waals surface area contributed by atoms with E-state index in [-0.39, 0.29) is 18.9 Å². The van der Waals surface area contributed by atoms with Crippen molar-refractivity contribution >= 4 is 5.91 Å². The zero-order valence-corrected chi connectivity index (χ0v) is 74.8. The molecule has 0 bridgehead atoms. The third-order valence-corrected chi connectivity index (χ3v) is 25.3. The zero-order valence-electron chi connectivity index (χ0n) is 74.8. The summed E-state index contributed by atoms with van der Waals surface area (Å²) >= 11 is 0. The van der Waals surface area contributed by atoms with Crippen molar-refractivity contribution in [1.29, 1.82) is 0 Å². The maximum absolute atomic E-state index is 13.6. The van der Waals surface area contributed by atoms with Crippen molar-refractivity contribution in [3.8, 4) is 0 Å². The fourth-order valence-electron chi connectivity index (χ4n) is 17.4. The molecule has 19 heteroatoms. The van der Waals surface area contributed by atoms with Gasteiger partial charge in [0.15, 0.2) is 18.9 Å². The van der Waals surface area contributed by atoms with E-state index in [0.29, 0.717) is 6.42 Å². The van der Waals surface area contributed by atoms with Crippen LogP contribution >= 0.6 is 0 Å². The third kappa shape index (κ3) is 54.3. The van der Waals surface area contributed by atoms with E-state index < -0.39 is 124 Å². The highest BCUT2D eigenvalue weighted by Gasteiger charge is 2.54. The van der Waals surface area contributed by atoms with Gasteiger partial charge in [-0.1, -0.05) is 456 Å². The van der Waals surface area contributed by atoms with Gasteiger partial charge in [-0.15, -0.1) is 0 Å². The number of unbranched alkanes of at least 4 members (excludes halogenated alkanes) is 68. The molecule has 17 unspecified atom stereocenters. The lowest BCUT2D eigenvalue weighted by Gasteiger charge is -2.48. The van der Waals surface area contributed by atoms with E-state index in [2.05, 4.69) is 19.2 Å². The number of hydrogen-bond donors (Lipinski definition) is 12.